The molecule has 0 saturated carbocycles. The van der Waals surface area contributed by atoms with E-state index < -0.39 is 0 Å². The van der Waals surface area contributed by atoms with Crippen LogP contribution in [0.1, 0.15) is 53.4 Å². The van der Waals surface area contributed by atoms with Gasteiger partial charge in [0.05, 0.1) is 6.54 Å². The van der Waals surface area contributed by atoms with Crippen LogP contribution in [0.25, 0.3) is 0 Å². The van der Waals surface area contributed by atoms with Crippen LogP contribution in [0.3, 0.4) is 0 Å². The average Bonchev–Trinajstić information content (AvgIpc) is 2.39. The smallest absolute Gasteiger partial charge is 0.234 e. The van der Waals surface area contributed by atoms with Gasteiger partial charge in [-0.05, 0) is 32.2 Å². The first-order chi connectivity index (χ1) is 8.60. The molecule has 0 radical (unpaired) electrons. The summed E-state index contributed by atoms with van der Waals surface area (Å²) in [5.41, 5.74) is 5.93. The van der Waals surface area contributed by atoms with Gasteiger partial charge in [-0.3, -0.25) is 9.69 Å². The molecule has 108 valence electrons. The minimum absolute atomic E-state index is 0.0282. The highest BCUT2D eigenvalue weighted by Gasteiger charge is 2.32. The molecule has 0 saturated heterocycles. The third-order valence-corrected chi connectivity index (χ3v) is 3.77. The monoisotopic (exact) mass is 257 g/mol. The molecule has 1 amide bonds. The molecular formula is C14H31N3O. The van der Waals surface area contributed by atoms with Gasteiger partial charge in [0, 0.05) is 18.6 Å². The Morgan fingerprint density at radius 3 is 2.17 bits per heavy atom. The largest absolute Gasteiger partial charge is 0.355 e. The maximum absolute atomic E-state index is 11.9. The van der Waals surface area contributed by atoms with E-state index in [1.54, 1.807) is 0 Å². The molecule has 4 heteroatoms. The van der Waals surface area contributed by atoms with E-state index in [1.807, 2.05) is 0 Å². The van der Waals surface area contributed by atoms with Gasteiger partial charge in [-0.2, -0.15) is 0 Å². The Kier molecular flexibility index (Phi) is 9.02. The van der Waals surface area contributed by atoms with Gasteiger partial charge in [-0.1, -0.05) is 27.7 Å². The molecule has 0 unspecified atom stereocenters. The summed E-state index contributed by atoms with van der Waals surface area (Å²) in [4.78, 5) is 14.1. The second-order valence-electron chi connectivity index (χ2n) is 4.91. The fraction of sp³-hybridized carbons (Fsp3) is 0.929. The van der Waals surface area contributed by atoms with Crippen LogP contribution in [-0.4, -0.2) is 42.5 Å². The van der Waals surface area contributed by atoms with Crippen molar-refractivity contribution in [2.75, 3.05) is 26.2 Å². The van der Waals surface area contributed by atoms with Crippen LogP contribution in [0, 0.1) is 0 Å². The van der Waals surface area contributed by atoms with Gasteiger partial charge in [0.2, 0.25) is 5.91 Å². The van der Waals surface area contributed by atoms with Gasteiger partial charge in [0.25, 0.3) is 0 Å². The predicted molar refractivity (Wildman–Crippen MR) is 77.5 cm³/mol. The highest BCUT2D eigenvalue weighted by atomic mass is 16.2. The lowest BCUT2D eigenvalue weighted by Gasteiger charge is -2.42. The fourth-order valence-electron chi connectivity index (χ4n) is 2.36. The third kappa shape index (κ3) is 4.94. The lowest BCUT2D eigenvalue weighted by molar-refractivity contribution is -0.124. The molecule has 0 aromatic carbocycles. The average molecular weight is 257 g/mol. The Bertz CT molecular complexity index is 219. The van der Waals surface area contributed by atoms with E-state index in [4.69, 9.17) is 5.73 Å². The normalized spacial score (nSPS) is 11.9. The minimum atomic E-state index is -0.0282. The highest BCUT2D eigenvalue weighted by Crippen LogP contribution is 2.22. The number of nitrogens with two attached hydrogens (primary N) is 1. The molecular weight excluding hydrogens is 226 g/mol. The summed E-state index contributed by atoms with van der Waals surface area (Å²) in [5.74, 6) is 0.116. The molecule has 0 fully saturated rings. The highest BCUT2D eigenvalue weighted by molar-refractivity contribution is 5.78. The Balaban J connectivity index is 4.66. The Hall–Kier alpha value is -0.610. The zero-order chi connectivity index (χ0) is 14.0. The molecule has 0 atom stereocenters. The number of rotatable bonds is 10. The van der Waals surface area contributed by atoms with Gasteiger partial charge in [0.15, 0.2) is 0 Å². The molecule has 0 rings (SSSR count). The number of hydrogen-bond acceptors (Lipinski definition) is 3. The standard InChI is InChI=1S/C14H31N3O/c1-5-9-16-13(18)11-17(10-6-2)14(7-3,8-4)12-15/h5-12,15H2,1-4H3,(H,16,18). The summed E-state index contributed by atoms with van der Waals surface area (Å²) in [6, 6.07) is 0. The van der Waals surface area contributed by atoms with E-state index in [-0.39, 0.29) is 11.4 Å². The lowest BCUT2D eigenvalue weighted by atomic mass is 9.90. The predicted octanol–water partition coefficient (Wildman–Crippen LogP) is 1.74. The van der Waals surface area contributed by atoms with Crippen LogP contribution in [0.2, 0.25) is 0 Å². The van der Waals surface area contributed by atoms with E-state index in [0.29, 0.717) is 13.1 Å². The fourth-order valence-corrected chi connectivity index (χ4v) is 2.36. The van der Waals surface area contributed by atoms with Crippen LogP contribution < -0.4 is 11.1 Å². The summed E-state index contributed by atoms with van der Waals surface area (Å²) >= 11 is 0. The molecule has 0 bridgehead atoms. The second-order valence-corrected chi connectivity index (χ2v) is 4.91. The molecule has 0 aromatic heterocycles. The number of hydrogen-bond donors (Lipinski definition) is 2. The molecule has 3 N–H and O–H groups in total. The molecule has 0 aromatic rings. The summed E-state index contributed by atoms with van der Waals surface area (Å²) in [5, 5.41) is 2.94. The zero-order valence-electron chi connectivity index (χ0n) is 12.6. The number of carbonyl (C=O) groups is 1. The summed E-state index contributed by atoms with van der Waals surface area (Å²) in [6.07, 6.45) is 3.99. The summed E-state index contributed by atoms with van der Waals surface area (Å²) < 4.78 is 0. The van der Waals surface area contributed by atoms with Crippen molar-refractivity contribution in [1.82, 2.24) is 10.2 Å². The minimum Gasteiger partial charge on any atom is -0.355 e. The van der Waals surface area contributed by atoms with Crippen molar-refractivity contribution in [2.24, 2.45) is 5.73 Å². The molecule has 0 aliphatic heterocycles. The Labute approximate surface area is 112 Å². The zero-order valence-corrected chi connectivity index (χ0v) is 12.6. The van der Waals surface area contributed by atoms with Crippen molar-refractivity contribution < 1.29 is 4.79 Å². The van der Waals surface area contributed by atoms with Crippen molar-refractivity contribution in [1.29, 1.82) is 0 Å². The lowest BCUT2D eigenvalue weighted by Crippen LogP contribution is -2.56. The summed E-state index contributed by atoms with van der Waals surface area (Å²) in [7, 11) is 0. The number of nitrogens with one attached hydrogen (secondary N) is 1. The third-order valence-electron chi connectivity index (χ3n) is 3.77. The van der Waals surface area contributed by atoms with E-state index in [0.717, 1.165) is 38.8 Å². The first-order valence-electron chi connectivity index (χ1n) is 7.31. The molecule has 4 nitrogen and oxygen atoms in total. The number of carbonyl (C=O) groups excluding carboxylic acids is 1. The van der Waals surface area contributed by atoms with Crippen LogP contribution in [0.4, 0.5) is 0 Å². The van der Waals surface area contributed by atoms with Crippen molar-refractivity contribution in [3.05, 3.63) is 0 Å². The SMILES string of the molecule is CCCNC(=O)CN(CCC)C(CC)(CC)CN. The van der Waals surface area contributed by atoms with Gasteiger partial charge < -0.3 is 11.1 Å². The maximum atomic E-state index is 11.9. The second kappa shape index (κ2) is 9.34. The number of nitrogens with zero attached hydrogens (tertiary/aromatic N) is 1. The topological polar surface area (TPSA) is 58.4 Å². The quantitative estimate of drug-likeness (QED) is 0.627. The Morgan fingerprint density at radius 1 is 1.17 bits per heavy atom. The molecule has 0 heterocycles. The van der Waals surface area contributed by atoms with E-state index in [1.165, 1.54) is 0 Å². The van der Waals surface area contributed by atoms with Crippen LogP contribution >= 0.6 is 0 Å². The van der Waals surface area contributed by atoms with Crippen molar-refractivity contribution >= 4 is 5.91 Å². The molecule has 18 heavy (non-hydrogen) atoms. The van der Waals surface area contributed by atoms with Gasteiger partial charge in [-0.25, -0.2) is 0 Å². The van der Waals surface area contributed by atoms with E-state index in [9.17, 15) is 4.79 Å². The number of amides is 1. The van der Waals surface area contributed by atoms with Gasteiger partial charge >= 0.3 is 0 Å². The van der Waals surface area contributed by atoms with Crippen LogP contribution in [-0.2, 0) is 4.79 Å². The molecule has 0 aliphatic carbocycles. The first-order valence-corrected chi connectivity index (χ1v) is 7.31. The van der Waals surface area contributed by atoms with E-state index >= 15 is 0 Å². The van der Waals surface area contributed by atoms with Gasteiger partial charge in [0.1, 0.15) is 0 Å². The van der Waals surface area contributed by atoms with E-state index in [2.05, 4.69) is 37.9 Å². The van der Waals surface area contributed by atoms with Crippen molar-refractivity contribution in [3.63, 3.8) is 0 Å². The molecule has 0 spiro atoms. The van der Waals surface area contributed by atoms with Crippen LogP contribution in [0.5, 0.6) is 0 Å². The summed E-state index contributed by atoms with van der Waals surface area (Å²) in [6.45, 7) is 11.3. The van der Waals surface area contributed by atoms with Crippen molar-refractivity contribution in [3.8, 4) is 0 Å². The first kappa shape index (κ1) is 17.4. The Morgan fingerprint density at radius 2 is 1.78 bits per heavy atom. The van der Waals surface area contributed by atoms with Gasteiger partial charge in [-0.15, -0.1) is 0 Å². The van der Waals surface area contributed by atoms with Crippen molar-refractivity contribution in [2.45, 2.75) is 58.9 Å². The van der Waals surface area contributed by atoms with Crippen LogP contribution in [0.15, 0.2) is 0 Å². The molecule has 0 aliphatic rings. The maximum Gasteiger partial charge on any atom is 0.234 e.